The Morgan fingerprint density at radius 3 is 1.04 bits per heavy atom. The molecule has 0 aliphatic carbocycles. The molecule has 6 aromatic rings. The van der Waals surface area contributed by atoms with Crippen molar-refractivity contribution in [1.82, 2.24) is 0 Å². The van der Waals surface area contributed by atoms with Crippen LogP contribution in [0.3, 0.4) is 0 Å². The lowest BCUT2D eigenvalue weighted by Crippen LogP contribution is -2.04. The molecule has 0 aliphatic heterocycles. The summed E-state index contributed by atoms with van der Waals surface area (Å²) in [7, 11) is 0.777. The molecular formula is C38H27F6OP. The van der Waals surface area contributed by atoms with Gasteiger partial charge in [0.25, 0.3) is 0 Å². The van der Waals surface area contributed by atoms with E-state index in [4.69, 9.17) is 4.74 Å². The summed E-state index contributed by atoms with van der Waals surface area (Å²) >= 11 is 0. The lowest BCUT2D eigenvalue weighted by Gasteiger charge is -2.15. The standard InChI is InChI=1S/C26H16F6O.C12H11P/c27-25(28,29)19-13-9-17(10-14-19)21-5-1-3-7-23(21)33-24-8-4-2-6-22(24)18-11-15-20(16-12-18)26(30,31)32;1-3-7-11(8-4-1)13-12-9-5-2-6-10-12/h1-16H;1-10,13H. The number of para-hydroxylation sites is 2. The number of halogens is 6. The molecule has 6 rings (SSSR count). The molecule has 0 N–H and O–H groups in total. The van der Waals surface area contributed by atoms with Gasteiger partial charge in [0.2, 0.25) is 0 Å². The van der Waals surface area contributed by atoms with Gasteiger partial charge in [0, 0.05) is 11.1 Å². The summed E-state index contributed by atoms with van der Waals surface area (Å²) in [5.41, 5.74) is 0.715. The molecule has 0 unspecified atom stereocenters. The second-order valence-electron chi connectivity index (χ2n) is 10.1. The van der Waals surface area contributed by atoms with Crippen LogP contribution in [0.15, 0.2) is 158 Å². The molecule has 0 aliphatic rings. The second kappa shape index (κ2) is 14.5. The van der Waals surface area contributed by atoms with Crippen molar-refractivity contribution < 1.29 is 31.1 Å². The van der Waals surface area contributed by atoms with Gasteiger partial charge in [-0.25, -0.2) is 0 Å². The van der Waals surface area contributed by atoms with Gasteiger partial charge in [0.1, 0.15) is 11.5 Å². The van der Waals surface area contributed by atoms with Gasteiger partial charge in [0.05, 0.1) is 11.1 Å². The van der Waals surface area contributed by atoms with E-state index in [1.165, 1.54) is 34.9 Å². The molecule has 0 radical (unpaired) electrons. The Morgan fingerprint density at radius 1 is 0.370 bits per heavy atom. The van der Waals surface area contributed by atoms with E-state index in [2.05, 4.69) is 60.7 Å². The maximum absolute atomic E-state index is 12.9. The van der Waals surface area contributed by atoms with Crippen molar-refractivity contribution >= 4 is 19.2 Å². The van der Waals surface area contributed by atoms with Crippen LogP contribution in [0.2, 0.25) is 0 Å². The third-order valence-corrected chi connectivity index (χ3v) is 8.12. The molecule has 0 spiro atoms. The average molecular weight is 645 g/mol. The summed E-state index contributed by atoms with van der Waals surface area (Å²) in [6, 6.07) is 44.4. The first-order valence-electron chi connectivity index (χ1n) is 14.2. The van der Waals surface area contributed by atoms with E-state index >= 15 is 0 Å². The summed E-state index contributed by atoms with van der Waals surface area (Å²) < 4.78 is 83.5. The van der Waals surface area contributed by atoms with Crippen molar-refractivity contribution in [2.75, 3.05) is 0 Å². The van der Waals surface area contributed by atoms with Crippen LogP contribution < -0.4 is 15.3 Å². The molecule has 0 fully saturated rings. The smallest absolute Gasteiger partial charge is 0.416 e. The number of alkyl halides is 6. The average Bonchev–Trinajstić information content (AvgIpc) is 3.06. The lowest BCUT2D eigenvalue weighted by molar-refractivity contribution is -0.138. The first-order valence-corrected chi connectivity index (χ1v) is 15.2. The first kappa shape index (κ1) is 32.5. The zero-order valence-corrected chi connectivity index (χ0v) is 25.2. The van der Waals surface area contributed by atoms with Crippen LogP contribution in [0.5, 0.6) is 11.5 Å². The SMILES string of the molecule is FC(F)(F)c1ccc(-c2ccccc2Oc2ccccc2-c2ccc(C(F)(F)F)cc2)cc1.c1ccc(Pc2ccccc2)cc1. The van der Waals surface area contributed by atoms with Crippen LogP contribution in [0, 0.1) is 0 Å². The summed E-state index contributed by atoms with van der Waals surface area (Å²) in [5, 5.41) is 2.79. The van der Waals surface area contributed by atoms with Crippen LogP contribution in [0.25, 0.3) is 22.3 Å². The van der Waals surface area contributed by atoms with Crippen molar-refractivity contribution in [3.05, 3.63) is 169 Å². The minimum atomic E-state index is -4.44. The van der Waals surface area contributed by atoms with Gasteiger partial charge in [-0.1, -0.05) is 130 Å². The molecule has 0 atom stereocenters. The van der Waals surface area contributed by atoms with Crippen molar-refractivity contribution in [3.63, 3.8) is 0 Å². The third-order valence-electron chi connectivity index (χ3n) is 6.88. The summed E-state index contributed by atoms with van der Waals surface area (Å²) in [6.45, 7) is 0. The van der Waals surface area contributed by atoms with Crippen LogP contribution in [-0.2, 0) is 12.4 Å². The first-order chi connectivity index (χ1) is 22.1. The Balaban J connectivity index is 0.000000266. The van der Waals surface area contributed by atoms with Crippen LogP contribution in [0.1, 0.15) is 11.1 Å². The quantitative estimate of drug-likeness (QED) is 0.130. The molecule has 6 aromatic carbocycles. The number of ether oxygens (including phenoxy) is 1. The van der Waals surface area contributed by atoms with Crippen molar-refractivity contribution in [2.45, 2.75) is 12.4 Å². The van der Waals surface area contributed by atoms with Gasteiger partial charge in [-0.3, -0.25) is 0 Å². The normalized spacial score (nSPS) is 11.3. The summed E-state index contributed by atoms with van der Waals surface area (Å²) in [6.07, 6.45) is -8.87. The molecule has 1 nitrogen and oxygen atoms in total. The lowest BCUT2D eigenvalue weighted by atomic mass is 10.0. The minimum Gasteiger partial charge on any atom is -0.456 e. The highest BCUT2D eigenvalue weighted by molar-refractivity contribution is 7.55. The zero-order chi connectivity index (χ0) is 32.6. The molecule has 0 aromatic heterocycles. The highest BCUT2D eigenvalue weighted by Gasteiger charge is 2.31. The molecule has 8 heteroatoms. The van der Waals surface area contributed by atoms with Gasteiger partial charge in [0.15, 0.2) is 0 Å². The summed E-state index contributed by atoms with van der Waals surface area (Å²) in [4.78, 5) is 0. The number of hydrogen-bond acceptors (Lipinski definition) is 1. The van der Waals surface area contributed by atoms with E-state index in [1.54, 1.807) is 48.5 Å². The molecule has 0 amide bonds. The van der Waals surface area contributed by atoms with E-state index in [-0.39, 0.29) is 0 Å². The number of hydrogen-bond donors (Lipinski definition) is 0. The van der Waals surface area contributed by atoms with E-state index in [0.717, 1.165) is 32.8 Å². The molecule has 232 valence electrons. The fraction of sp³-hybridized carbons (Fsp3) is 0.0526. The second-order valence-corrected chi connectivity index (χ2v) is 11.5. The van der Waals surface area contributed by atoms with Crippen LogP contribution in [0.4, 0.5) is 26.3 Å². The Bertz CT molecular complexity index is 1700. The van der Waals surface area contributed by atoms with Gasteiger partial charge in [-0.05, 0) is 58.1 Å². The van der Waals surface area contributed by atoms with E-state index < -0.39 is 23.5 Å². The predicted octanol–water partition coefficient (Wildman–Crippen LogP) is 11.2. The monoisotopic (exact) mass is 644 g/mol. The maximum atomic E-state index is 12.9. The van der Waals surface area contributed by atoms with E-state index in [1.807, 2.05) is 0 Å². The topological polar surface area (TPSA) is 9.23 Å². The Hall–Kier alpha value is -4.87. The minimum absolute atomic E-state index is 0.400. The molecule has 0 bridgehead atoms. The van der Waals surface area contributed by atoms with Crippen molar-refractivity contribution in [3.8, 4) is 33.8 Å². The fourth-order valence-electron chi connectivity index (χ4n) is 4.59. The fourth-order valence-corrected chi connectivity index (χ4v) is 5.65. The highest BCUT2D eigenvalue weighted by Crippen LogP contribution is 2.39. The molecule has 0 heterocycles. The maximum Gasteiger partial charge on any atom is 0.416 e. The Morgan fingerprint density at radius 2 is 0.696 bits per heavy atom. The van der Waals surface area contributed by atoms with E-state index in [9.17, 15) is 26.3 Å². The van der Waals surface area contributed by atoms with Gasteiger partial charge >= 0.3 is 12.4 Å². The molecule has 46 heavy (non-hydrogen) atoms. The number of benzene rings is 6. The van der Waals surface area contributed by atoms with Crippen molar-refractivity contribution in [1.29, 1.82) is 0 Å². The predicted molar refractivity (Wildman–Crippen MR) is 174 cm³/mol. The third kappa shape index (κ3) is 8.64. The van der Waals surface area contributed by atoms with Crippen LogP contribution >= 0.6 is 8.58 Å². The highest BCUT2D eigenvalue weighted by atomic mass is 31.1. The Kier molecular flexibility index (Phi) is 10.2. The molecular weight excluding hydrogens is 617 g/mol. The van der Waals surface area contributed by atoms with Gasteiger partial charge in [-0.15, -0.1) is 0 Å². The van der Waals surface area contributed by atoms with Gasteiger partial charge < -0.3 is 4.74 Å². The van der Waals surface area contributed by atoms with Crippen LogP contribution in [-0.4, -0.2) is 0 Å². The summed E-state index contributed by atoms with van der Waals surface area (Å²) in [5.74, 6) is 0.799. The van der Waals surface area contributed by atoms with Crippen molar-refractivity contribution in [2.24, 2.45) is 0 Å². The van der Waals surface area contributed by atoms with Gasteiger partial charge in [-0.2, -0.15) is 26.3 Å². The number of rotatable bonds is 6. The van der Waals surface area contributed by atoms with E-state index in [0.29, 0.717) is 33.8 Å². The largest absolute Gasteiger partial charge is 0.456 e. The Labute approximate surface area is 264 Å². The zero-order valence-electron chi connectivity index (χ0n) is 24.2. The molecule has 0 saturated carbocycles. The molecule has 0 saturated heterocycles.